The summed E-state index contributed by atoms with van der Waals surface area (Å²) in [6.45, 7) is 6.52. The Labute approximate surface area is 182 Å². The van der Waals surface area contributed by atoms with Crippen molar-refractivity contribution in [1.29, 1.82) is 0 Å². The van der Waals surface area contributed by atoms with Crippen LogP contribution in [0, 0.1) is 13.8 Å². The van der Waals surface area contributed by atoms with E-state index in [4.69, 9.17) is 17.0 Å². The van der Waals surface area contributed by atoms with Crippen molar-refractivity contribution in [2.75, 3.05) is 13.7 Å². The molecule has 4 heterocycles. The molecule has 2 unspecified atom stereocenters. The molecule has 0 aromatic carbocycles. The van der Waals surface area contributed by atoms with E-state index < -0.39 is 0 Å². The second-order valence-electron chi connectivity index (χ2n) is 7.59. The number of hydrogen-bond acceptors (Lipinski definition) is 4. The molecule has 0 bridgehead atoms. The molecule has 1 saturated heterocycles. The summed E-state index contributed by atoms with van der Waals surface area (Å²) in [5.41, 5.74) is 5.83. The fourth-order valence-electron chi connectivity index (χ4n) is 4.26. The van der Waals surface area contributed by atoms with Crippen LogP contribution in [0.15, 0.2) is 55.0 Å². The second-order valence-corrected chi connectivity index (χ2v) is 7.97. The quantitative estimate of drug-likeness (QED) is 0.587. The minimum absolute atomic E-state index is 0.0215. The van der Waals surface area contributed by atoms with Crippen LogP contribution in [-0.4, -0.2) is 38.3 Å². The van der Waals surface area contributed by atoms with Gasteiger partial charge in [-0.25, -0.2) is 0 Å². The minimum Gasteiger partial charge on any atom is -0.383 e. The number of thiocarbonyl (C=S) groups is 1. The summed E-state index contributed by atoms with van der Waals surface area (Å²) >= 11 is 5.79. The van der Waals surface area contributed by atoms with Gasteiger partial charge in [-0.15, -0.1) is 0 Å². The van der Waals surface area contributed by atoms with Crippen molar-refractivity contribution in [3.63, 3.8) is 0 Å². The summed E-state index contributed by atoms with van der Waals surface area (Å²) in [5, 5.41) is 4.27. The maximum Gasteiger partial charge on any atom is 0.170 e. The first-order valence-electron chi connectivity index (χ1n) is 10.1. The number of ether oxygens (including phenoxy) is 1. The lowest BCUT2D eigenvalue weighted by Gasteiger charge is -2.28. The lowest BCUT2D eigenvalue weighted by atomic mass is 9.96. The average Bonchev–Trinajstić information content (AvgIpc) is 3.23. The summed E-state index contributed by atoms with van der Waals surface area (Å²) in [7, 11) is 1.74. The Balaban J connectivity index is 1.76. The van der Waals surface area contributed by atoms with Crippen LogP contribution in [-0.2, 0) is 17.8 Å². The Morgan fingerprint density at radius 3 is 2.73 bits per heavy atom. The third-order valence-corrected chi connectivity index (χ3v) is 6.08. The fraction of sp³-hybridized carbons (Fsp3) is 0.348. The van der Waals surface area contributed by atoms with Crippen molar-refractivity contribution in [3.05, 3.63) is 83.2 Å². The van der Waals surface area contributed by atoms with Crippen molar-refractivity contribution in [1.82, 2.24) is 24.8 Å². The van der Waals surface area contributed by atoms with Gasteiger partial charge in [0.05, 0.1) is 24.4 Å². The summed E-state index contributed by atoms with van der Waals surface area (Å²) in [4.78, 5) is 11.2. The number of methoxy groups -OCH3 is 1. The molecule has 1 aliphatic rings. The van der Waals surface area contributed by atoms with Gasteiger partial charge >= 0.3 is 0 Å². The molecule has 1 N–H and O–H groups in total. The summed E-state index contributed by atoms with van der Waals surface area (Å²) < 4.78 is 7.63. The van der Waals surface area contributed by atoms with Crippen molar-refractivity contribution < 1.29 is 4.74 Å². The van der Waals surface area contributed by atoms with Gasteiger partial charge in [0.15, 0.2) is 5.11 Å². The maximum absolute atomic E-state index is 5.79. The van der Waals surface area contributed by atoms with E-state index in [0.29, 0.717) is 13.2 Å². The smallest absolute Gasteiger partial charge is 0.170 e. The molecule has 0 saturated carbocycles. The molecule has 3 aromatic heterocycles. The molecular weight excluding hydrogens is 394 g/mol. The summed E-state index contributed by atoms with van der Waals surface area (Å²) in [5.74, 6) is 0. The number of hydrogen-bond donors (Lipinski definition) is 1. The van der Waals surface area contributed by atoms with Crippen LogP contribution in [0.4, 0.5) is 0 Å². The molecule has 156 valence electrons. The summed E-state index contributed by atoms with van der Waals surface area (Å²) in [6, 6.07) is 12.4. The minimum atomic E-state index is -0.0215. The van der Waals surface area contributed by atoms with E-state index >= 15 is 0 Å². The average molecular weight is 422 g/mol. The Morgan fingerprint density at radius 2 is 2.03 bits per heavy atom. The highest BCUT2D eigenvalue weighted by Crippen LogP contribution is 2.41. The van der Waals surface area contributed by atoms with Gasteiger partial charge in [-0.2, -0.15) is 0 Å². The van der Waals surface area contributed by atoms with Crippen LogP contribution in [0.25, 0.3) is 0 Å². The molecular formula is C23H27N5OS. The zero-order valence-corrected chi connectivity index (χ0v) is 18.4. The maximum atomic E-state index is 5.79. The van der Waals surface area contributed by atoms with Crippen LogP contribution in [0.3, 0.4) is 0 Å². The summed E-state index contributed by atoms with van der Waals surface area (Å²) in [6.07, 6.45) is 5.53. The Kier molecular flexibility index (Phi) is 6.11. The molecule has 0 radical (unpaired) electrons. The fourth-order valence-corrected chi connectivity index (χ4v) is 4.56. The lowest BCUT2D eigenvalue weighted by molar-refractivity contribution is 0.186. The standard InChI is InChI=1S/C23H27N5OS/c1-16-13-19(17(2)27(16)11-12-29-3)22-21(20-8-4-5-10-25-20)26-23(30)28(22)15-18-7-6-9-24-14-18/h4-10,13-14,21-22H,11-12,15H2,1-3H3,(H,26,30). The van der Waals surface area contributed by atoms with E-state index in [1.54, 1.807) is 13.3 Å². The molecule has 1 aliphatic heterocycles. The predicted octanol–water partition coefficient (Wildman–Crippen LogP) is 3.71. The molecule has 4 rings (SSSR count). The van der Waals surface area contributed by atoms with Gasteiger partial charge in [0, 0.05) is 50.2 Å². The Hall–Kier alpha value is -2.77. The van der Waals surface area contributed by atoms with E-state index in [1.165, 1.54) is 17.0 Å². The third-order valence-electron chi connectivity index (χ3n) is 5.72. The van der Waals surface area contributed by atoms with Crippen LogP contribution in [0.2, 0.25) is 0 Å². The van der Waals surface area contributed by atoms with Gasteiger partial charge < -0.3 is 19.5 Å². The van der Waals surface area contributed by atoms with Gasteiger partial charge in [0.1, 0.15) is 0 Å². The van der Waals surface area contributed by atoms with E-state index in [1.807, 2.05) is 30.6 Å². The molecule has 6 nitrogen and oxygen atoms in total. The predicted molar refractivity (Wildman–Crippen MR) is 121 cm³/mol. The third kappa shape index (κ3) is 3.95. The number of aryl methyl sites for hydroxylation is 1. The SMILES string of the molecule is COCCn1c(C)cc(C2C(c3ccccn3)NC(=S)N2Cc2cccnc2)c1C. The molecule has 30 heavy (non-hydrogen) atoms. The lowest BCUT2D eigenvalue weighted by Crippen LogP contribution is -2.29. The first-order chi connectivity index (χ1) is 14.6. The second kappa shape index (κ2) is 8.93. The number of rotatable bonds is 7. The van der Waals surface area contributed by atoms with Gasteiger partial charge in [0.25, 0.3) is 0 Å². The topological polar surface area (TPSA) is 55.2 Å². The normalized spacial score (nSPS) is 18.6. The number of pyridine rings is 2. The van der Waals surface area contributed by atoms with Gasteiger partial charge in [0.2, 0.25) is 0 Å². The van der Waals surface area contributed by atoms with Crippen molar-refractivity contribution in [3.8, 4) is 0 Å². The first kappa shape index (κ1) is 20.5. The van der Waals surface area contributed by atoms with E-state index in [-0.39, 0.29) is 12.1 Å². The van der Waals surface area contributed by atoms with Crippen LogP contribution in [0.1, 0.15) is 40.3 Å². The highest BCUT2D eigenvalue weighted by atomic mass is 32.1. The van der Waals surface area contributed by atoms with E-state index in [2.05, 4.69) is 56.8 Å². The molecule has 3 aromatic rings. The van der Waals surface area contributed by atoms with Crippen molar-refractivity contribution >= 4 is 17.3 Å². The Morgan fingerprint density at radius 1 is 1.17 bits per heavy atom. The molecule has 0 aliphatic carbocycles. The molecule has 7 heteroatoms. The molecule has 0 spiro atoms. The number of aromatic nitrogens is 3. The molecule has 2 atom stereocenters. The molecule has 0 amide bonds. The van der Waals surface area contributed by atoms with Gasteiger partial charge in [-0.1, -0.05) is 12.1 Å². The van der Waals surface area contributed by atoms with Crippen molar-refractivity contribution in [2.45, 2.75) is 39.0 Å². The Bertz CT molecular complexity index is 1010. The first-order valence-corrected chi connectivity index (χ1v) is 10.5. The highest BCUT2D eigenvalue weighted by molar-refractivity contribution is 7.80. The monoisotopic (exact) mass is 421 g/mol. The zero-order valence-electron chi connectivity index (χ0n) is 17.6. The van der Waals surface area contributed by atoms with Crippen molar-refractivity contribution in [2.24, 2.45) is 0 Å². The van der Waals surface area contributed by atoms with Gasteiger partial charge in [-0.3, -0.25) is 9.97 Å². The van der Waals surface area contributed by atoms with Gasteiger partial charge in [-0.05, 0) is 61.5 Å². The molecule has 1 fully saturated rings. The van der Waals surface area contributed by atoms with Crippen LogP contribution in [0.5, 0.6) is 0 Å². The van der Waals surface area contributed by atoms with E-state index in [0.717, 1.165) is 22.9 Å². The highest BCUT2D eigenvalue weighted by Gasteiger charge is 2.41. The largest absolute Gasteiger partial charge is 0.383 e. The van der Waals surface area contributed by atoms with E-state index in [9.17, 15) is 0 Å². The number of nitrogens with zero attached hydrogens (tertiary/aromatic N) is 4. The number of nitrogens with one attached hydrogen (secondary N) is 1. The zero-order chi connectivity index (χ0) is 21.1. The van der Waals surface area contributed by atoms with Crippen LogP contribution < -0.4 is 5.32 Å². The van der Waals surface area contributed by atoms with Crippen LogP contribution >= 0.6 is 12.2 Å².